The molecule has 0 aromatic heterocycles. The minimum absolute atomic E-state index is 0.0351. The Hall–Kier alpha value is 1.44. The summed E-state index contributed by atoms with van der Waals surface area (Å²) in [5.41, 5.74) is 1.22. The van der Waals surface area contributed by atoms with E-state index in [0.717, 1.165) is 0 Å². The van der Waals surface area contributed by atoms with E-state index in [1.807, 2.05) is 0 Å². The first-order chi connectivity index (χ1) is 13.0. The first kappa shape index (κ1) is 27.5. The van der Waals surface area contributed by atoms with Crippen molar-refractivity contribution in [2.75, 3.05) is 26.4 Å². The van der Waals surface area contributed by atoms with Crippen LogP contribution in [0.15, 0.2) is 21.1 Å². The quantitative estimate of drug-likeness (QED) is 0.163. The van der Waals surface area contributed by atoms with Crippen LogP contribution in [0.2, 0.25) is 0 Å². The van der Waals surface area contributed by atoms with E-state index in [1.54, 1.807) is 39.8 Å². The molecule has 0 N–H and O–H groups in total. The maximum Gasteiger partial charge on any atom is 0.362 e. The van der Waals surface area contributed by atoms with Crippen molar-refractivity contribution < 1.29 is 27.2 Å². The average Bonchev–Trinajstić information content (AvgIpc) is 2.59. The fourth-order valence-electron chi connectivity index (χ4n) is 2.38. The maximum absolute atomic E-state index is 13.4. The Morgan fingerprint density at radius 1 is 0.857 bits per heavy atom. The van der Waals surface area contributed by atoms with Gasteiger partial charge in [0, 0.05) is 14.5 Å². The van der Waals surface area contributed by atoms with E-state index in [0.29, 0.717) is 20.1 Å². The van der Waals surface area contributed by atoms with Crippen LogP contribution in [0, 0.1) is 0 Å². The van der Waals surface area contributed by atoms with Gasteiger partial charge in [-0.25, -0.2) is 0 Å². The van der Waals surface area contributed by atoms with E-state index in [9.17, 15) is 9.13 Å². The van der Waals surface area contributed by atoms with E-state index < -0.39 is 18.2 Å². The summed E-state index contributed by atoms with van der Waals surface area (Å²) in [6, 6.07) is 3.54. The molecule has 1 aromatic rings. The lowest BCUT2D eigenvalue weighted by atomic mass is 10.1. The van der Waals surface area contributed by atoms with Crippen molar-refractivity contribution in [3.05, 3.63) is 32.2 Å². The zero-order valence-electron chi connectivity index (χ0n) is 16.0. The molecule has 0 unspecified atom stereocenters. The second-order valence-corrected chi connectivity index (χ2v) is 15.9. The highest BCUT2D eigenvalue weighted by atomic mass is 79.9. The van der Waals surface area contributed by atoms with Gasteiger partial charge in [0.1, 0.15) is 0 Å². The van der Waals surface area contributed by atoms with Crippen molar-refractivity contribution in [3.8, 4) is 0 Å². The zero-order chi connectivity index (χ0) is 21.6. The lowest BCUT2D eigenvalue weighted by molar-refractivity contribution is 0.217. The third-order valence-corrected chi connectivity index (χ3v) is 12.7. The van der Waals surface area contributed by atoms with Gasteiger partial charge < -0.3 is 18.1 Å². The fourth-order valence-corrected chi connectivity index (χ4v) is 10.2. The molecule has 0 saturated carbocycles. The van der Waals surface area contributed by atoms with Crippen LogP contribution >= 0.6 is 78.9 Å². The summed E-state index contributed by atoms with van der Waals surface area (Å²) in [7, 11) is -6.98. The summed E-state index contributed by atoms with van der Waals surface area (Å²) in [5.74, 6) is 0. The van der Waals surface area contributed by atoms with Crippen molar-refractivity contribution >= 4 is 78.9 Å². The van der Waals surface area contributed by atoms with Crippen molar-refractivity contribution in [1.82, 2.24) is 0 Å². The number of alkyl halides is 2. The van der Waals surface area contributed by atoms with E-state index in [4.69, 9.17) is 18.1 Å². The van der Waals surface area contributed by atoms with Crippen LogP contribution in [0.1, 0.15) is 38.8 Å². The Labute approximate surface area is 200 Å². The summed E-state index contributed by atoms with van der Waals surface area (Å²) >= 11 is 14.0. The summed E-state index contributed by atoms with van der Waals surface area (Å²) in [5, 5.41) is 0. The summed E-state index contributed by atoms with van der Waals surface area (Å²) in [6.07, 6.45) is 0.0351. The van der Waals surface area contributed by atoms with Crippen LogP contribution in [-0.2, 0) is 36.4 Å². The van der Waals surface area contributed by atoms with Crippen molar-refractivity contribution in [3.63, 3.8) is 0 Å². The zero-order valence-corrected chi connectivity index (χ0v) is 24.2. The van der Waals surface area contributed by atoms with Gasteiger partial charge in [0.05, 0.1) is 32.6 Å². The van der Waals surface area contributed by atoms with Crippen LogP contribution in [0.4, 0.5) is 0 Å². The molecule has 0 heterocycles. The molecule has 1 aromatic carbocycles. The summed E-state index contributed by atoms with van der Waals surface area (Å²) in [4.78, 5) is 0. The normalized spacial score (nSPS) is 13.1. The van der Waals surface area contributed by atoms with Gasteiger partial charge in [0.25, 0.3) is 0 Å². The molecule has 12 heteroatoms. The topological polar surface area (TPSA) is 71.1 Å². The van der Waals surface area contributed by atoms with Crippen LogP contribution in [-0.4, -0.2) is 26.4 Å². The first-order valence-corrected chi connectivity index (χ1v) is 15.1. The standard InChI is InChI=1S/C16H24Br4O6P2/c1-5-23-27(21,24-6-2)11-12-14(17)10-9-13(15(12)18)16(19,20)28(22,25-7-3)26-8-4/h9-10H,5-8,11H2,1-4H3. The average molecular weight is 694 g/mol. The Balaban J connectivity index is 3.50. The van der Waals surface area contributed by atoms with Gasteiger partial charge in [0.2, 0.25) is 2.97 Å². The highest BCUT2D eigenvalue weighted by Gasteiger charge is 2.50. The Morgan fingerprint density at radius 3 is 1.75 bits per heavy atom. The van der Waals surface area contributed by atoms with Crippen molar-refractivity contribution in [1.29, 1.82) is 0 Å². The molecule has 0 aliphatic rings. The largest absolute Gasteiger partial charge is 0.362 e. The number of hydrogen-bond acceptors (Lipinski definition) is 6. The smallest absolute Gasteiger partial charge is 0.309 e. The molecule has 1 rings (SSSR count). The van der Waals surface area contributed by atoms with Gasteiger partial charge in [0.15, 0.2) is 0 Å². The third kappa shape index (κ3) is 6.47. The first-order valence-electron chi connectivity index (χ1n) is 8.64. The van der Waals surface area contributed by atoms with Crippen molar-refractivity contribution in [2.45, 2.75) is 36.8 Å². The van der Waals surface area contributed by atoms with E-state index in [1.165, 1.54) is 0 Å². The maximum atomic E-state index is 13.4. The lowest BCUT2D eigenvalue weighted by Gasteiger charge is -2.31. The molecule has 28 heavy (non-hydrogen) atoms. The molecule has 0 atom stereocenters. The molecule has 0 aliphatic heterocycles. The summed E-state index contributed by atoms with van der Waals surface area (Å²) in [6.45, 7) is 7.94. The van der Waals surface area contributed by atoms with Crippen molar-refractivity contribution in [2.24, 2.45) is 0 Å². The molecular weight excluding hydrogens is 670 g/mol. The Morgan fingerprint density at radius 2 is 1.32 bits per heavy atom. The second kappa shape index (κ2) is 11.9. The minimum Gasteiger partial charge on any atom is -0.309 e. The molecule has 162 valence electrons. The Kier molecular flexibility index (Phi) is 11.7. The van der Waals surface area contributed by atoms with E-state index >= 15 is 0 Å². The molecule has 0 fully saturated rings. The molecule has 0 bridgehead atoms. The number of rotatable bonds is 12. The van der Waals surface area contributed by atoms with Crippen LogP contribution < -0.4 is 0 Å². The summed E-state index contributed by atoms with van der Waals surface area (Å²) < 4.78 is 48.2. The van der Waals surface area contributed by atoms with Gasteiger partial charge in [-0.2, -0.15) is 0 Å². The highest BCUT2D eigenvalue weighted by Crippen LogP contribution is 2.72. The molecular formula is C16H24Br4O6P2. The van der Waals surface area contributed by atoms with Crippen LogP contribution in [0.5, 0.6) is 0 Å². The monoisotopic (exact) mass is 690 g/mol. The van der Waals surface area contributed by atoms with Gasteiger partial charge in [-0.05, 0) is 39.3 Å². The third-order valence-electron chi connectivity index (χ3n) is 3.46. The SMILES string of the molecule is CCOP(=O)(Cc1c(Br)ccc(C(Br)(Br)P(=O)(OCC)OCC)c1Br)OCC. The highest BCUT2D eigenvalue weighted by molar-refractivity contribution is 9.26. The molecule has 0 spiro atoms. The fraction of sp³-hybridized carbons (Fsp3) is 0.625. The number of benzene rings is 1. The van der Waals surface area contributed by atoms with E-state index in [-0.39, 0.29) is 32.6 Å². The van der Waals surface area contributed by atoms with E-state index in [2.05, 4.69) is 63.7 Å². The van der Waals surface area contributed by atoms with Crippen LogP contribution in [0.25, 0.3) is 0 Å². The molecule has 0 amide bonds. The molecule has 6 nitrogen and oxygen atoms in total. The van der Waals surface area contributed by atoms with Gasteiger partial charge in [-0.1, -0.05) is 69.8 Å². The predicted molar refractivity (Wildman–Crippen MR) is 127 cm³/mol. The molecule has 0 radical (unpaired) electrons. The number of hydrogen-bond donors (Lipinski definition) is 0. The predicted octanol–water partition coefficient (Wildman–Crippen LogP) is 8.14. The molecule has 0 saturated heterocycles. The molecule has 0 aliphatic carbocycles. The van der Waals surface area contributed by atoms with Crippen LogP contribution in [0.3, 0.4) is 0 Å². The van der Waals surface area contributed by atoms with Gasteiger partial charge in [-0.15, -0.1) is 0 Å². The minimum atomic E-state index is -3.63. The van der Waals surface area contributed by atoms with Gasteiger partial charge >= 0.3 is 15.2 Å². The Bertz CT molecular complexity index is 739. The van der Waals surface area contributed by atoms with Gasteiger partial charge in [-0.3, -0.25) is 9.13 Å². The number of halogens is 4. The lowest BCUT2D eigenvalue weighted by Crippen LogP contribution is -2.16. The second-order valence-electron chi connectivity index (χ2n) is 5.37.